The van der Waals surface area contributed by atoms with Crippen LogP contribution >= 0.6 is 0 Å². The van der Waals surface area contributed by atoms with E-state index in [1.807, 2.05) is 12.2 Å². The largest absolute Gasteiger partial charge is 0.493 e. The van der Waals surface area contributed by atoms with Crippen molar-refractivity contribution in [2.75, 3.05) is 11.5 Å². The first-order valence-corrected chi connectivity index (χ1v) is 34.2. The first kappa shape index (κ1) is 61.2. The molecule has 0 spiro atoms. The van der Waals surface area contributed by atoms with Gasteiger partial charge in [-0.1, -0.05) is 279 Å². The van der Waals surface area contributed by atoms with E-state index >= 15 is 0 Å². The van der Waals surface area contributed by atoms with Gasteiger partial charge in [0.2, 0.25) is 0 Å². The minimum absolute atomic E-state index is 0.0765. The zero-order valence-corrected chi connectivity index (χ0v) is 55.5. The zero-order valence-electron chi connectivity index (χ0n) is 55.5. The quantitative estimate of drug-likeness (QED) is 0.0708. The lowest BCUT2D eigenvalue weighted by molar-refractivity contribution is 0.232. The van der Waals surface area contributed by atoms with Crippen molar-refractivity contribution in [3.8, 4) is 67.1 Å². The van der Waals surface area contributed by atoms with E-state index in [-0.39, 0.29) is 10.8 Å². The van der Waals surface area contributed by atoms with Crippen molar-refractivity contribution in [2.45, 2.75) is 70.6 Å². The maximum Gasteiger partial charge on any atom is 0.119 e. The van der Waals surface area contributed by atoms with Crippen molar-refractivity contribution in [3.63, 3.8) is 0 Å². The molecule has 14 aromatic rings. The Labute approximate surface area is 566 Å². The van der Waals surface area contributed by atoms with Crippen LogP contribution in [0.1, 0.15) is 93.2 Å². The molecule has 0 fully saturated rings. The number of rotatable bonds is 20. The number of unbranched alkanes of at least 4 members (excludes halogenated alkanes) is 1. The molecule has 1 aromatic heterocycles. The molecule has 0 saturated carbocycles. The first-order valence-electron chi connectivity index (χ1n) is 34.2. The van der Waals surface area contributed by atoms with E-state index in [2.05, 4.69) is 348 Å². The second-order valence-corrected chi connectivity index (χ2v) is 27.1. The molecule has 468 valence electrons. The molecule has 1 heterocycles. The second kappa shape index (κ2) is 26.1. The molecule has 0 N–H and O–H groups in total. The Morgan fingerprint density at radius 2 is 0.917 bits per heavy atom. The molecule has 13 aromatic carbocycles. The van der Waals surface area contributed by atoms with Gasteiger partial charge in [-0.2, -0.15) is 0 Å². The fourth-order valence-electron chi connectivity index (χ4n) is 15.0. The number of ether oxygens (including phenoxy) is 1. The number of para-hydroxylation sites is 1. The number of nitrogens with zero attached hydrogens (tertiary/aromatic N) is 2. The lowest BCUT2D eigenvalue weighted by atomic mass is 9.69. The molecule has 1 aliphatic rings. The van der Waals surface area contributed by atoms with Gasteiger partial charge in [0.15, 0.2) is 0 Å². The molecule has 0 aliphatic heterocycles. The maximum atomic E-state index is 6.65. The molecule has 96 heavy (non-hydrogen) atoms. The Kier molecular flexibility index (Phi) is 16.6. The average molecular weight is 1240 g/mol. The van der Waals surface area contributed by atoms with Crippen molar-refractivity contribution in [3.05, 3.63) is 344 Å². The van der Waals surface area contributed by atoms with Crippen LogP contribution in [0.4, 0.5) is 17.1 Å². The molecule has 2 unspecified atom stereocenters. The van der Waals surface area contributed by atoms with E-state index in [4.69, 9.17) is 4.74 Å². The molecule has 0 radical (unpaired) electrons. The molecule has 0 amide bonds. The van der Waals surface area contributed by atoms with Gasteiger partial charge in [0.25, 0.3) is 0 Å². The number of hydrogen-bond acceptors (Lipinski definition) is 2. The summed E-state index contributed by atoms with van der Waals surface area (Å²) in [6, 6.07) is 111. The fourth-order valence-corrected chi connectivity index (χ4v) is 15.0. The van der Waals surface area contributed by atoms with Crippen LogP contribution in [0.3, 0.4) is 0 Å². The molecule has 3 nitrogen and oxygen atoms in total. The Morgan fingerprint density at radius 3 is 1.50 bits per heavy atom. The predicted molar refractivity (Wildman–Crippen MR) is 410 cm³/mol. The third-order valence-corrected chi connectivity index (χ3v) is 20.4. The van der Waals surface area contributed by atoms with Crippen LogP contribution < -0.4 is 9.64 Å². The van der Waals surface area contributed by atoms with Crippen LogP contribution in [0.25, 0.3) is 106 Å². The van der Waals surface area contributed by atoms with Crippen LogP contribution in [0.15, 0.2) is 310 Å². The van der Waals surface area contributed by atoms with Crippen LogP contribution in [0, 0.1) is 5.92 Å². The molecule has 1 aliphatic carbocycles. The molecule has 3 heteroatoms. The summed E-state index contributed by atoms with van der Waals surface area (Å²) in [6.07, 6.45) is 9.07. The van der Waals surface area contributed by atoms with Gasteiger partial charge in [-0.25, -0.2) is 0 Å². The minimum Gasteiger partial charge on any atom is -0.493 e. The van der Waals surface area contributed by atoms with Crippen LogP contribution in [0.2, 0.25) is 0 Å². The Bertz CT molecular complexity index is 5130. The van der Waals surface area contributed by atoms with Crippen LogP contribution in [-0.2, 0) is 10.8 Å². The molecule has 0 bridgehead atoms. The average Bonchev–Trinajstić information content (AvgIpc) is 1.55. The van der Waals surface area contributed by atoms with Crippen molar-refractivity contribution >= 4 is 61.8 Å². The van der Waals surface area contributed by atoms with Gasteiger partial charge in [0, 0.05) is 38.9 Å². The van der Waals surface area contributed by atoms with Crippen LogP contribution in [-0.4, -0.2) is 11.2 Å². The number of fused-ring (bicyclic) bond motifs is 7. The van der Waals surface area contributed by atoms with E-state index in [9.17, 15) is 0 Å². The number of hydrogen-bond donors (Lipinski definition) is 0. The van der Waals surface area contributed by atoms with E-state index in [0.717, 1.165) is 77.3 Å². The molecular weight excluding hydrogens is 1160 g/mol. The molecule has 0 saturated heterocycles. The summed E-state index contributed by atoms with van der Waals surface area (Å²) in [7, 11) is 0. The van der Waals surface area contributed by atoms with E-state index in [1.165, 1.54) is 105 Å². The highest BCUT2D eigenvalue weighted by molar-refractivity contribution is 6.12. The topological polar surface area (TPSA) is 17.4 Å². The second-order valence-electron chi connectivity index (χ2n) is 27.1. The summed E-state index contributed by atoms with van der Waals surface area (Å²) in [5, 5.41) is 4.83. The highest BCUT2D eigenvalue weighted by atomic mass is 16.5. The summed E-state index contributed by atoms with van der Waals surface area (Å²) >= 11 is 0. The molecular formula is C93H80N2O. The highest BCUT2D eigenvalue weighted by Crippen LogP contribution is 2.57. The summed E-state index contributed by atoms with van der Waals surface area (Å²) in [5.41, 5.74) is 26.3. The van der Waals surface area contributed by atoms with Crippen molar-refractivity contribution in [1.82, 2.24) is 4.57 Å². The van der Waals surface area contributed by atoms with Gasteiger partial charge in [0.05, 0.1) is 17.6 Å². The molecule has 2 atom stereocenters. The van der Waals surface area contributed by atoms with Gasteiger partial charge >= 0.3 is 0 Å². The monoisotopic (exact) mass is 1240 g/mol. The van der Waals surface area contributed by atoms with Crippen molar-refractivity contribution in [1.29, 1.82) is 0 Å². The number of anilines is 3. The fraction of sp³-hybridized carbons (Fsp3) is 0.140. The van der Waals surface area contributed by atoms with Gasteiger partial charge in [-0.3, -0.25) is 0 Å². The molecule has 15 rings (SSSR count). The van der Waals surface area contributed by atoms with Crippen molar-refractivity contribution in [2.24, 2.45) is 5.92 Å². The van der Waals surface area contributed by atoms with Gasteiger partial charge in [-0.05, 0) is 215 Å². The lowest BCUT2D eigenvalue weighted by Crippen LogP contribution is -2.27. The van der Waals surface area contributed by atoms with Crippen LogP contribution in [0.5, 0.6) is 5.75 Å². The van der Waals surface area contributed by atoms with E-state index in [1.54, 1.807) is 0 Å². The Hall–Kier alpha value is -11.0. The van der Waals surface area contributed by atoms with Crippen molar-refractivity contribution < 1.29 is 4.74 Å². The third-order valence-electron chi connectivity index (χ3n) is 20.4. The minimum atomic E-state index is -0.376. The predicted octanol–water partition coefficient (Wildman–Crippen LogP) is 25.6. The first-order chi connectivity index (χ1) is 47.0. The third kappa shape index (κ3) is 11.7. The number of benzene rings is 13. The zero-order chi connectivity index (χ0) is 65.3. The van der Waals surface area contributed by atoms with E-state index < -0.39 is 0 Å². The summed E-state index contributed by atoms with van der Waals surface area (Å²) < 4.78 is 9.05. The maximum absolute atomic E-state index is 6.65. The lowest BCUT2D eigenvalue weighted by Gasteiger charge is -2.34. The van der Waals surface area contributed by atoms with Gasteiger partial charge in [0.1, 0.15) is 5.75 Å². The smallest absolute Gasteiger partial charge is 0.119 e. The highest BCUT2D eigenvalue weighted by Gasteiger charge is 2.44. The normalized spacial score (nSPS) is 13.8. The van der Waals surface area contributed by atoms with Gasteiger partial charge < -0.3 is 14.2 Å². The summed E-state index contributed by atoms with van der Waals surface area (Å²) in [5.74, 6) is 1.36. The standard InChI is InChI=1S/C93H80N2O/c1-7-64-27-31-69(32-28-64)72-35-36-74-59-83(53-43-73(74)58-72)96-63-66(9-3)20-18-19-57-93(78-21-12-10-13-22-78)88-26-17-16-25-84(88)85-54-52-82(62-89(85)93)94(80-48-39-68(40-49-80)67-37-46-77(47-38-67)92(4,5)6)81-50-41-71(42-51-81)76-45-56-91-87(61-76)86-60-75(70-33-29-65(8-2)30-34-70)44-55-90(86)95(91)79-23-14-11-15-24-79/h7-8,10-17,21-56,58-62,66H,1-2,9,18-20,57,63H2,3-6H3. The summed E-state index contributed by atoms with van der Waals surface area (Å²) in [4.78, 5) is 2.47. The SMILES string of the molecule is C=Cc1ccc(-c2ccc3cc(OCC(CC)CCCCC4(c5ccccc5)c5ccccc5-c5ccc(N(c6ccc(-c7ccc(C(C)(C)C)cc7)cc6)c6ccc(-c7ccc8c(c7)c7cc(-c9ccc(C=C)cc9)ccc7n8-c7ccccc7)cc6)cc54)ccc3c2)cc1. The number of aromatic nitrogens is 1. The Balaban J connectivity index is 0.759. The Morgan fingerprint density at radius 1 is 0.438 bits per heavy atom. The summed E-state index contributed by atoms with van der Waals surface area (Å²) in [6.45, 7) is 17.8. The van der Waals surface area contributed by atoms with E-state index in [0.29, 0.717) is 12.5 Å². The van der Waals surface area contributed by atoms with Gasteiger partial charge in [-0.15, -0.1) is 0 Å².